The summed E-state index contributed by atoms with van der Waals surface area (Å²) in [6.07, 6.45) is 1.70. The van der Waals surface area contributed by atoms with Crippen LogP contribution in [0.25, 0.3) is 11.4 Å². The third-order valence-electron chi connectivity index (χ3n) is 3.58. The van der Waals surface area contributed by atoms with Crippen LogP contribution >= 0.6 is 11.8 Å². The van der Waals surface area contributed by atoms with E-state index in [1.165, 1.54) is 17.8 Å². The Morgan fingerprint density at radius 1 is 1.33 bits per heavy atom. The number of nitrogens with zero attached hydrogens (tertiary/aromatic N) is 4. The van der Waals surface area contributed by atoms with Crippen molar-refractivity contribution < 1.29 is 9.18 Å². The maximum absolute atomic E-state index is 14.0. The van der Waals surface area contributed by atoms with Crippen LogP contribution < -0.4 is 0 Å². The van der Waals surface area contributed by atoms with Gasteiger partial charge in [0.05, 0.1) is 11.3 Å². The maximum Gasteiger partial charge on any atom is 0.233 e. The first-order valence-electron chi connectivity index (χ1n) is 7.81. The molecule has 2 aromatic rings. The van der Waals surface area contributed by atoms with Crippen molar-refractivity contribution in [2.45, 2.75) is 25.5 Å². The lowest BCUT2D eigenvalue weighted by molar-refractivity contribution is -0.127. The van der Waals surface area contributed by atoms with E-state index in [1.807, 2.05) is 13.8 Å². The highest BCUT2D eigenvalue weighted by Crippen LogP contribution is 2.26. The lowest BCUT2D eigenvalue weighted by atomic mass is 10.2. The minimum Gasteiger partial charge on any atom is -0.343 e. The molecule has 0 bridgehead atoms. The molecule has 128 valence electrons. The Bertz CT molecular complexity index is 712. The van der Waals surface area contributed by atoms with E-state index < -0.39 is 0 Å². The fourth-order valence-electron chi connectivity index (χ4n) is 2.32. The van der Waals surface area contributed by atoms with Gasteiger partial charge in [-0.05, 0) is 26.0 Å². The fourth-order valence-corrected chi connectivity index (χ4v) is 3.18. The Morgan fingerprint density at radius 3 is 2.67 bits per heavy atom. The summed E-state index contributed by atoms with van der Waals surface area (Å²) in [4.78, 5) is 13.9. The highest BCUT2D eigenvalue weighted by atomic mass is 32.2. The van der Waals surface area contributed by atoms with Crippen LogP contribution in [0.1, 0.15) is 13.8 Å². The highest BCUT2D eigenvalue weighted by Gasteiger charge is 2.18. The number of carbonyl (C=O) groups excluding carboxylic acids is 1. The number of benzene rings is 1. The van der Waals surface area contributed by atoms with Gasteiger partial charge in [-0.1, -0.05) is 30.0 Å². The molecule has 0 saturated heterocycles. The summed E-state index contributed by atoms with van der Waals surface area (Å²) in [5, 5.41) is 8.81. The smallest absolute Gasteiger partial charge is 0.233 e. The molecule has 7 heteroatoms. The van der Waals surface area contributed by atoms with Crippen molar-refractivity contribution in [3.05, 3.63) is 42.7 Å². The summed E-state index contributed by atoms with van der Waals surface area (Å²) >= 11 is 1.30. The summed E-state index contributed by atoms with van der Waals surface area (Å²) in [5.74, 6) is 0.399. The first-order chi connectivity index (χ1) is 11.6. The van der Waals surface area contributed by atoms with Crippen molar-refractivity contribution in [1.82, 2.24) is 19.7 Å². The molecule has 1 aromatic heterocycles. The van der Waals surface area contributed by atoms with E-state index in [9.17, 15) is 9.18 Å². The third-order valence-corrected chi connectivity index (χ3v) is 4.54. The van der Waals surface area contributed by atoms with Crippen LogP contribution in [-0.4, -0.2) is 44.4 Å². The minimum absolute atomic E-state index is 0.0468. The Balaban J connectivity index is 2.24. The zero-order chi connectivity index (χ0) is 17.5. The predicted molar refractivity (Wildman–Crippen MR) is 94.3 cm³/mol. The Kier molecular flexibility index (Phi) is 6.54. The number of rotatable bonds is 8. The van der Waals surface area contributed by atoms with Gasteiger partial charge < -0.3 is 4.90 Å². The van der Waals surface area contributed by atoms with Gasteiger partial charge in [-0.15, -0.1) is 16.8 Å². The average molecular weight is 348 g/mol. The fraction of sp³-hybridized carbons (Fsp3) is 0.353. The van der Waals surface area contributed by atoms with Crippen LogP contribution in [0, 0.1) is 5.82 Å². The molecule has 0 aliphatic rings. The molecule has 0 N–H and O–H groups in total. The second-order valence-electron chi connectivity index (χ2n) is 5.04. The molecule has 24 heavy (non-hydrogen) atoms. The topological polar surface area (TPSA) is 51.0 Å². The summed E-state index contributed by atoms with van der Waals surface area (Å²) in [7, 11) is 0. The van der Waals surface area contributed by atoms with Gasteiger partial charge in [0.2, 0.25) is 5.91 Å². The van der Waals surface area contributed by atoms with E-state index in [0.717, 1.165) is 0 Å². The number of carbonyl (C=O) groups is 1. The number of hydrogen-bond donors (Lipinski definition) is 0. The molecule has 0 atom stereocenters. The number of halogens is 1. The van der Waals surface area contributed by atoms with Crippen LogP contribution in [0.2, 0.25) is 0 Å². The van der Waals surface area contributed by atoms with E-state index in [-0.39, 0.29) is 17.5 Å². The standard InChI is InChI=1S/C17H21FN4OS/c1-4-11-22-16(13-9-7-8-10-14(13)18)19-20-17(22)24-12-15(23)21(5-2)6-3/h4,7-10H,1,5-6,11-12H2,2-3H3. The SMILES string of the molecule is C=CCn1c(SCC(=O)N(CC)CC)nnc1-c1ccccc1F. The van der Waals surface area contributed by atoms with Gasteiger partial charge in [0, 0.05) is 19.6 Å². The van der Waals surface area contributed by atoms with Gasteiger partial charge >= 0.3 is 0 Å². The van der Waals surface area contributed by atoms with Crippen LogP contribution in [0.15, 0.2) is 42.1 Å². The monoisotopic (exact) mass is 348 g/mol. The molecule has 0 aliphatic heterocycles. The first-order valence-corrected chi connectivity index (χ1v) is 8.80. The first kappa shape index (κ1) is 18.2. The normalized spacial score (nSPS) is 10.6. The van der Waals surface area contributed by atoms with Gasteiger partial charge in [0.25, 0.3) is 0 Å². The zero-order valence-electron chi connectivity index (χ0n) is 13.9. The lowest BCUT2D eigenvalue weighted by Crippen LogP contribution is -2.31. The molecule has 0 radical (unpaired) electrons. The molecule has 0 unspecified atom stereocenters. The predicted octanol–water partition coefficient (Wildman–Crippen LogP) is 3.23. The van der Waals surface area contributed by atoms with Gasteiger partial charge in [-0.2, -0.15) is 0 Å². The highest BCUT2D eigenvalue weighted by molar-refractivity contribution is 7.99. The molecule has 0 fully saturated rings. The molecule has 2 rings (SSSR count). The number of hydrogen-bond acceptors (Lipinski definition) is 4. The van der Waals surface area contributed by atoms with E-state index in [0.29, 0.717) is 36.2 Å². The van der Waals surface area contributed by atoms with Gasteiger partial charge in [0.15, 0.2) is 11.0 Å². The number of amides is 1. The number of thioether (sulfide) groups is 1. The van der Waals surface area contributed by atoms with E-state index in [2.05, 4.69) is 16.8 Å². The zero-order valence-corrected chi connectivity index (χ0v) is 14.7. The Labute approximate surface area is 145 Å². The molecule has 1 heterocycles. The van der Waals surface area contributed by atoms with Crippen molar-refractivity contribution in [1.29, 1.82) is 0 Å². The summed E-state index contributed by atoms with van der Waals surface area (Å²) in [6.45, 7) is 9.42. The molecular formula is C17H21FN4OS. The average Bonchev–Trinajstić information content (AvgIpc) is 2.97. The molecule has 0 spiro atoms. The van der Waals surface area contributed by atoms with Crippen molar-refractivity contribution >= 4 is 17.7 Å². The Hall–Kier alpha value is -2.15. The van der Waals surface area contributed by atoms with Crippen LogP contribution in [0.3, 0.4) is 0 Å². The number of allylic oxidation sites excluding steroid dienone is 1. The molecule has 0 saturated carbocycles. The maximum atomic E-state index is 14.0. The van der Waals surface area contributed by atoms with E-state index in [4.69, 9.17) is 0 Å². The van der Waals surface area contributed by atoms with Crippen LogP contribution in [-0.2, 0) is 11.3 Å². The van der Waals surface area contributed by atoms with Crippen molar-refractivity contribution in [2.75, 3.05) is 18.8 Å². The van der Waals surface area contributed by atoms with Crippen LogP contribution in [0.5, 0.6) is 0 Å². The lowest BCUT2D eigenvalue weighted by Gasteiger charge is -2.18. The molecule has 1 amide bonds. The number of aromatic nitrogens is 3. The van der Waals surface area contributed by atoms with Crippen molar-refractivity contribution in [3.63, 3.8) is 0 Å². The van der Waals surface area contributed by atoms with Gasteiger partial charge in [0.1, 0.15) is 5.82 Å². The molecular weight excluding hydrogens is 327 g/mol. The summed E-state index contributed by atoms with van der Waals surface area (Å²) in [5.41, 5.74) is 0.383. The van der Waals surface area contributed by atoms with Crippen molar-refractivity contribution in [3.8, 4) is 11.4 Å². The van der Waals surface area contributed by atoms with Gasteiger partial charge in [-0.25, -0.2) is 4.39 Å². The minimum atomic E-state index is -0.356. The second-order valence-corrected chi connectivity index (χ2v) is 5.98. The van der Waals surface area contributed by atoms with E-state index >= 15 is 0 Å². The van der Waals surface area contributed by atoms with Crippen molar-refractivity contribution in [2.24, 2.45) is 0 Å². The summed E-state index contributed by atoms with van der Waals surface area (Å²) < 4.78 is 15.8. The molecule has 0 aliphatic carbocycles. The third kappa shape index (κ3) is 4.03. The quantitative estimate of drug-likeness (QED) is 0.543. The second kappa shape index (κ2) is 8.63. The van der Waals surface area contributed by atoms with E-state index in [1.54, 1.807) is 33.7 Å². The molecule has 1 aromatic carbocycles. The van der Waals surface area contributed by atoms with Gasteiger partial charge in [-0.3, -0.25) is 9.36 Å². The van der Waals surface area contributed by atoms with Crippen LogP contribution in [0.4, 0.5) is 4.39 Å². The largest absolute Gasteiger partial charge is 0.343 e. The Morgan fingerprint density at radius 2 is 2.04 bits per heavy atom. The summed E-state index contributed by atoms with van der Waals surface area (Å²) in [6, 6.07) is 6.43. The molecule has 5 nitrogen and oxygen atoms in total.